The van der Waals surface area contributed by atoms with E-state index in [0.717, 1.165) is 22.5 Å². The molecule has 12 heteroatoms. The molecule has 0 aliphatic carbocycles. The van der Waals surface area contributed by atoms with E-state index >= 15 is 0 Å². The van der Waals surface area contributed by atoms with E-state index in [1.54, 1.807) is 13.8 Å². The SMILES string of the molecule is CCOc1nc(C(CS(C)(=O)=O)N2C(=O)c3csc(NC(=O)CC)c3C2=O)ccc1OC. The Morgan fingerprint density at radius 1 is 1.25 bits per heavy atom. The lowest BCUT2D eigenvalue weighted by atomic mass is 10.1. The van der Waals surface area contributed by atoms with Gasteiger partial charge < -0.3 is 14.8 Å². The molecule has 10 nitrogen and oxygen atoms in total. The predicted octanol–water partition coefficient (Wildman–Crippen LogP) is 2.28. The minimum absolute atomic E-state index is 0.0545. The minimum Gasteiger partial charge on any atom is -0.491 e. The number of anilines is 1. The minimum atomic E-state index is -3.63. The van der Waals surface area contributed by atoms with Crippen LogP contribution < -0.4 is 14.8 Å². The van der Waals surface area contributed by atoms with Crippen molar-refractivity contribution in [2.24, 2.45) is 0 Å². The number of sulfone groups is 1. The van der Waals surface area contributed by atoms with E-state index in [-0.39, 0.29) is 46.6 Å². The van der Waals surface area contributed by atoms with Crippen LogP contribution in [0.4, 0.5) is 5.00 Å². The predicted molar refractivity (Wildman–Crippen MR) is 118 cm³/mol. The summed E-state index contributed by atoms with van der Waals surface area (Å²) in [6.45, 7) is 3.69. The number of carbonyl (C=O) groups excluding carboxylic acids is 3. The molecule has 0 aromatic carbocycles. The van der Waals surface area contributed by atoms with Crippen LogP contribution in [-0.2, 0) is 14.6 Å². The molecule has 1 N–H and O–H groups in total. The standard InChI is InChI=1S/C20H23N3O7S2/c1-5-15(24)22-18-16-11(9-31-18)19(25)23(20(16)26)13(10-32(4,27)28)12-7-8-14(29-3)17(21-12)30-6-2/h7-9,13H,5-6,10H2,1-4H3,(H,22,24). The smallest absolute Gasteiger partial charge is 0.265 e. The summed E-state index contributed by atoms with van der Waals surface area (Å²) in [6.07, 6.45) is 1.21. The maximum Gasteiger partial charge on any atom is 0.265 e. The summed E-state index contributed by atoms with van der Waals surface area (Å²) in [5.74, 6) is -1.73. The number of nitrogens with zero attached hydrogens (tertiary/aromatic N) is 2. The first kappa shape index (κ1) is 23.7. The van der Waals surface area contributed by atoms with Gasteiger partial charge in [-0.15, -0.1) is 11.3 Å². The van der Waals surface area contributed by atoms with Crippen molar-refractivity contribution in [3.05, 3.63) is 34.3 Å². The number of carbonyl (C=O) groups is 3. The monoisotopic (exact) mass is 481 g/mol. The lowest BCUT2D eigenvalue weighted by Crippen LogP contribution is -2.38. The van der Waals surface area contributed by atoms with Crippen LogP contribution in [0.1, 0.15) is 52.7 Å². The molecule has 0 spiro atoms. The Morgan fingerprint density at radius 3 is 2.56 bits per heavy atom. The van der Waals surface area contributed by atoms with Crippen molar-refractivity contribution in [3.8, 4) is 11.6 Å². The third-order valence-corrected chi connectivity index (χ3v) is 6.53. The largest absolute Gasteiger partial charge is 0.491 e. The first-order chi connectivity index (χ1) is 15.1. The van der Waals surface area contributed by atoms with E-state index in [2.05, 4.69) is 10.3 Å². The van der Waals surface area contributed by atoms with E-state index in [0.29, 0.717) is 5.75 Å². The first-order valence-corrected chi connectivity index (χ1v) is 12.7. The van der Waals surface area contributed by atoms with E-state index < -0.39 is 33.4 Å². The molecule has 3 rings (SSSR count). The summed E-state index contributed by atoms with van der Waals surface area (Å²) in [5.41, 5.74) is 0.330. The van der Waals surface area contributed by atoms with Gasteiger partial charge in [0.2, 0.25) is 5.91 Å². The number of pyridine rings is 1. The number of hydrogen-bond donors (Lipinski definition) is 1. The number of imide groups is 1. The van der Waals surface area contributed by atoms with Gasteiger partial charge in [-0.3, -0.25) is 19.3 Å². The molecule has 3 amide bonds. The van der Waals surface area contributed by atoms with Gasteiger partial charge in [0, 0.05) is 18.1 Å². The van der Waals surface area contributed by atoms with Crippen LogP contribution >= 0.6 is 11.3 Å². The van der Waals surface area contributed by atoms with Gasteiger partial charge in [-0.2, -0.15) is 0 Å². The second-order valence-electron chi connectivity index (χ2n) is 7.02. The molecule has 0 saturated heterocycles. The summed E-state index contributed by atoms with van der Waals surface area (Å²) >= 11 is 1.07. The summed E-state index contributed by atoms with van der Waals surface area (Å²) in [6, 6.07) is 1.83. The van der Waals surface area contributed by atoms with Crippen molar-refractivity contribution in [1.29, 1.82) is 0 Å². The third kappa shape index (κ3) is 4.60. The molecule has 1 unspecified atom stereocenters. The summed E-state index contributed by atoms with van der Waals surface area (Å²) in [4.78, 5) is 43.4. The number of hydrogen-bond acceptors (Lipinski definition) is 9. The van der Waals surface area contributed by atoms with Gasteiger partial charge >= 0.3 is 0 Å². The quantitative estimate of drug-likeness (QED) is 0.540. The maximum atomic E-state index is 13.3. The van der Waals surface area contributed by atoms with Crippen molar-refractivity contribution in [1.82, 2.24) is 9.88 Å². The van der Waals surface area contributed by atoms with E-state index in [1.807, 2.05) is 0 Å². The highest BCUT2D eigenvalue weighted by Gasteiger charge is 2.45. The highest BCUT2D eigenvalue weighted by atomic mass is 32.2. The van der Waals surface area contributed by atoms with Crippen molar-refractivity contribution >= 4 is 43.9 Å². The summed E-state index contributed by atoms with van der Waals surface area (Å²) in [5, 5.41) is 4.35. The molecule has 32 heavy (non-hydrogen) atoms. The zero-order valence-corrected chi connectivity index (χ0v) is 19.6. The van der Waals surface area contributed by atoms with Crippen molar-refractivity contribution in [2.45, 2.75) is 26.3 Å². The summed E-state index contributed by atoms with van der Waals surface area (Å²) < 4.78 is 35.1. The molecule has 2 aromatic rings. The van der Waals surface area contributed by atoms with E-state index in [1.165, 1.54) is 24.6 Å². The number of aromatic nitrogens is 1. The zero-order chi connectivity index (χ0) is 23.6. The molecule has 0 fully saturated rings. The number of thiophene rings is 1. The fourth-order valence-electron chi connectivity index (χ4n) is 3.26. The molecule has 1 atom stereocenters. The molecule has 2 aromatic heterocycles. The first-order valence-electron chi connectivity index (χ1n) is 9.75. The number of methoxy groups -OCH3 is 1. The van der Waals surface area contributed by atoms with E-state index in [4.69, 9.17) is 9.47 Å². The number of rotatable bonds is 9. The molecule has 0 radical (unpaired) electrons. The van der Waals surface area contributed by atoms with Crippen LogP contribution in [0.5, 0.6) is 11.6 Å². The second-order valence-corrected chi connectivity index (χ2v) is 10.1. The molecule has 3 heterocycles. The van der Waals surface area contributed by atoms with Crippen LogP contribution in [-0.4, -0.2) is 61.7 Å². The average molecular weight is 482 g/mol. The van der Waals surface area contributed by atoms with Gasteiger partial charge in [0.05, 0.1) is 42.3 Å². The normalized spacial score (nSPS) is 14.3. The Kier molecular flexibility index (Phi) is 6.84. The highest BCUT2D eigenvalue weighted by Crippen LogP contribution is 2.40. The van der Waals surface area contributed by atoms with Crippen LogP contribution in [0.2, 0.25) is 0 Å². The van der Waals surface area contributed by atoms with Crippen molar-refractivity contribution in [2.75, 3.05) is 31.0 Å². The van der Waals surface area contributed by atoms with Gasteiger partial charge in [-0.25, -0.2) is 13.4 Å². The average Bonchev–Trinajstić information content (AvgIpc) is 3.25. The molecular weight excluding hydrogens is 458 g/mol. The van der Waals surface area contributed by atoms with Crippen molar-refractivity contribution in [3.63, 3.8) is 0 Å². The number of amides is 3. The highest BCUT2D eigenvalue weighted by molar-refractivity contribution is 7.90. The fraction of sp³-hybridized carbons (Fsp3) is 0.400. The Hall–Kier alpha value is -2.99. The topological polar surface area (TPSA) is 132 Å². The Morgan fingerprint density at radius 2 is 1.97 bits per heavy atom. The molecule has 0 bridgehead atoms. The van der Waals surface area contributed by atoms with Crippen LogP contribution in [0.15, 0.2) is 17.5 Å². The lowest BCUT2D eigenvalue weighted by molar-refractivity contribution is -0.115. The number of nitrogens with one attached hydrogen (secondary N) is 1. The second kappa shape index (κ2) is 9.25. The molecule has 172 valence electrons. The Balaban J connectivity index is 2.07. The Labute approximate surface area is 189 Å². The third-order valence-electron chi connectivity index (χ3n) is 4.71. The summed E-state index contributed by atoms with van der Waals surface area (Å²) in [7, 11) is -2.19. The van der Waals surface area contributed by atoms with Gasteiger partial charge in [-0.1, -0.05) is 6.92 Å². The van der Waals surface area contributed by atoms with Crippen LogP contribution in [0.25, 0.3) is 0 Å². The van der Waals surface area contributed by atoms with Crippen LogP contribution in [0, 0.1) is 0 Å². The lowest BCUT2D eigenvalue weighted by Gasteiger charge is -2.26. The molecule has 1 aliphatic heterocycles. The fourth-order valence-corrected chi connectivity index (χ4v) is 5.10. The van der Waals surface area contributed by atoms with Crippen LogP contribution in [0.3, 0.4) is 0 Å². The van der Waals surface area contributed by atoms with E-state index in [9.17, 15) is 22.8 Å². The van der Waals surface area contributed by atoms with Gasteiger partial charge in [0.15, 0.2) is 5.75 Å². The van der Waals surface area contributed by atoms with Gasteiger partial charge in [0.1, 0.15) is 14.8 Å². The zero-order valence-electron chi connectivity index (χ0n) is 18.0. The molecule has 0 saturated carbocycles. The Bertz CT molecular complexity index is 1170. The van der Waals surface area contributed by atoms with Gasteiger partial charge in [-0.05, 0) is 19.1 Å². The molecule has 1 aliphatic rings. The van der Waals surface area contributed by atoms with Gasteiger partial charge in [0.25, 0.3) is 17.7 Å². The number of ether oxygens (including phenoxy) is 2. The maximum absolute atomic E-state index is 13.3. The number of fused-ring (bicyclic) bond motifs is 1. The van der Waals surface area contributed by atoms with Crippen molar-refractivity contribution < 1.29 is 32.3 Å². The molecular formula is C20H23N3O7S2.